The molecule has 2 rings (SSSR count). The Kier molecular flexibility index (Phi) is 5.37. The van der Waals surface area contributed by atoms with Gasteiger partial charge in [0.05, 0.1) is 5.60 Å². The summed E-state index contributed by atoms with van der Waals surface area (Å²) in [5, 5.41) is 14.6. The molecule has 1 aromatic carbocycles. The SMILES string of the molecule is COCCCC(O)(c1ccccc1)C1CCCNC1. The molecule has 0 aromatic heterocycles. The highest BCUT2D eigenvalue weighted by Gasteiger charge is 2.38. The maximum absolute atomic E-state index is 11.2. The second-order valence-corrected chi connectivity index (χ2v) is 5.43. The molecule has 1 aromatic rings. The van der Waals surface area contributed by atoms with Gasteiger partial charge in [0.15, 0.2) is 0 Å². The number of hydrogen-bond acceptors (Lipinski definition) is 3. The average Bonchev–Trinajstić information content (AvgIpc) is 2.49. The minimum atomic E-state index is -0.729. The Morgan fingerprint density at radius 3 is 2.79 bits per heavy atom. The predicted molar refractivity (Wildman–Crippen MR) is 77.0 cm³/mol. The Morgan fingerprint density at radius 2 is 2.16 bits per heavy atom. The number of methoxy groups -OCH3 is 1. The molecule has 0 saturated carbocycles. The molecular weight excluding hydrogens is 238 g/mol. The molecule has 1 aliphatic heterocycles. The average molecular weight is 263 g/mol. The summed E-state index contributed by atoms with van der Waals surface area (Å²) < 4.78 is 5.13. The Hall–Kier alpha value is -0.900. The van der Waals surface area contributed by atoms with Crippen LogP contribution < -0.4 is 5.32 Å². The monoisotopic (exact) mass is 263 g/mol. The van der Waals surface area contributed by atoms with Crippen LogP contribution in [0, 0.1) is 5.92 Å². The number of ether oxygens (including phenoxy) is 1. The van der Waals surface area contributed by atoms with Crippen molar-refractivity contribution < 1.29 is 9.84 Å². The van der Waals surface area contributed by atoms with Gasteiger partial charge in [0, 0.05) is 26.2 Å². The van der Waals surface area contributed by atoms with E-state index in [-0.39, 0.29) is 0 Å². The second kappa shape index (κ2) is 7.04. The summed E-state index contributed by atoms with van der Waals surface area (Å²) in [6.07, 6.45) is 3.88. The molecule has 2 N–H and O–H groups in total. The summed E-state index contributed by atoms with van der Waals surface area (Å²) in [6.45, 7) is 2.67. The van der Waals surface area contributed by atoms with E-state index in [2.05, 4.69) is 5.32 Å². The van der Waals surface area contributed by atoms with Gasteiger partial charge in [-0.15, -0.1) is 0 Å². The van der Waals surface area contributed by atoms with Crippen molar-refractivity contribution in [2.75, 3.05) is 26.8 Å². The first-order valence-corrected chi connectivity index (χ1v) is 7.25. The Balaban J connectivity index is 2.16. The van der Waals surface area contributed by atoms with Crippen LogP contribution in [0.3, 0.4) is 0 Å². The van der Waals surface area contributed by atoms with Crippen LogP contribution in [0.4, 0.5) is 0 Å². The molecule has 0 aliphatic carbocycles. The van der Waals surface area contributed by atoms with Crippen LogP contribution in [0.5, 0.6) is 0 Å². The van der Waals surface area contributed by atoms with E-state index in [1.807, 2.05) is 30.3 Å². The van der Waals surface area contributed by atoms with Gasteiger partial charge in [-0.05, 0) is 37.8 Å². The molecule has 1 heterocycles. The Labute approximate surface area is 116 Å². The third-order valence-corrected chi connectivity index (χ3v) is 4.15. The zero-order chi connectivity index (χ0) is 13.6. The first kappa shape index (κ1) is 14.5. The van der Waals surface area contributed by atoms with Crippen molar-refractivity contribution in [3.8, 4) is 0 Å². The molecule has 19 heavy (non-hydrogen) atoms. The molecule has 3 nitrogen and oxygen atoms in total. The summed E-state index contributed by atoms with van der Waals surface area (Å²) in [5.41, 5.74) is 0.313. The quantitative estimate of drug-likeness (QED) is 0.774. The van der Waals surface area contributed by atoms with Gasteiger partial charge in [-0.3, -0.25) is 0 Å². The van der Waals surface area contributed by atoms with E-state index in [0.717, 1.165) is 44.3 Å². The molecule has 0 spiro atoms. The van der Waals surface area contributed by atoms with Gasteiger partial charge in [0.1, 0.15) is 0 Å². The van der Waals surface area contributed by atoms with Crippen LogP contribution in [-0.2, 0) is 10.3 Å². The van der Waals surface area contributed by atoms with E-state index in [0.29, 0.717) is 12.5 Å². The Morgan fingerprint density at radius 1 is 1.37 bits per heavy atom. The van der Waals surface area contributed by atoms with Crippen LogP contribution >= 0.6 is 0 Å². The van der Waals surface area contributed by atoms with Crippen molar-refractivity contribution in [3.05, 3.63) is 35.9 Å². The normalized spacial score (nSPS) is 22.9. The number of rotatable bonds is 6. The van der Waals surface area contributed by atoms with Crippen LogP contribution in [0.25, 0.3) is 0 Å². The van der Waals surface area contributed by atoms with Crippen molar-refractivity contribution in [2.45, 2.75) is 31.3 Å². The zero-order valence-corrected chi connectivity index (χ0v) is 11.8. The molecule has 106 valence electrons. The van der Waals surface area contributed by atoms with Gasteiger partial charge < -0.3 is 15.2 Å². The summed E-state index contributed by atoms with van der Waals surface area (Å²) in [6, 6.07) is 10.1. The van der Waals surface area contributed by atoms with Crippen molar-refractivity contribution in [1.82, 2.24) is 5.32 Å². The first-order chi connectivity index (χ1) is 9.27. The maximum atomic E-state index is 11.2. The second-order valence-electron chi connectivity index (χ2n) is 5.43. The summed E-state index contributed by atoms with van der Waals surface area (Å²) >= 11 is 0. The van der Waals surface area contributed by atoms with Crippen molar-refractivity contribution in [1.29, 1.82) is 0 Å². The van der Waals surface area contributed by atoms with E-state index < -0.39 is 5.60 Å². The molecule has 1 aliphatic rings. The number of piperidine rings is 1. The van der Waals surface area contributed by atoms with Crippen LogP contribution in [0.2, 0.25) is 0 Å². The third-order valence-electron chi connectivity index (χ3n) is 4.15. The summed E-state index contributed by atoms with van der Waals surface area (Å²) in [7, 11) is 1.71. The summed E-state index contributed by atoms with van der Waals surface area (Å²) in [4.78, 5) is 0. The lowest BCUT2D eigenvalue weighted by Crippen LogP contribution is -2.44. The minimum absolute atomic E-state index is 0.292. The molecule has 1 saturated heterocycles. The van der Waals surface area contributed by atoms with Crippen LogP contribution in [0.1, 0.15) is 31.2 Å². The van der Waals surface area contributed by atoms with Crippen molar-refractivity contribution >= 4 is 0 Å². The molecule has 0 amide bonds. The van der Waals surface area contributed by atoms with Gasteiger partial charge >= 0.3 is 0 Å². The van der Waals surface area contributed by atoms with Gasteiger partial charge in [-0.1, -0.05) is 30.3 Å². The maximum Gasteiger partial charge on any atom is 0.0937 e. The predicted octanol–water partition coefficient (Wildman–Crippen LogP) is 2.30. The van der Waals surface area contributed by atoms with Gasteiger partial charge in [0.2, 0.25) is 0 Å². The van der Waals surface area contributed by atoms with E-state index in [9.17, 15) is 5.11 Å². The largest absolute Gasteiger partial charge is 0.385 e. The fourth-order valence-corrected chi connectivity index (χ4v) is 3.06. The van der Waals surface area contributed by atoms with E-state index >= 15 is 0 Å². The molecule has 0 bridgehead atoms. The fraction of sp³-hybridized carbons (Fsp3) is 0.625. The molecule has 2 atom stereocenters. The number of nitrogens with one attached hydrogen (secondary N) is 1. The molecule has 3 heteroatoms. The lowest BCUT2D eigenvalue weighted by atomic mass is 9.75. The lowest BCUT2D eigenvalue weighted by Gasteiger charge is -2.39. The van der Waals surface area contributed by atoms with E-state index in [4.69, 9.17) is 4.74 Å². The Bertz CT molecular complexity index is 362. The minimum Gasteiger partial charge on any atom is -0.385 e. The molecule has 1 fully saturated rings. The highest BCUT2D eigenvalue weighted by Crippen LogP contribution is 2.37. The fourth-order valence-electron chi connectivity index (χ4n) is 3.06. The number of aliphatic hydroxyl groups is 1. The number of benzene rings is 1. The smallest absolute Gasteiger partial charge is 0.0937 e. The van der Waals surface area contributed by atoms with Crippen molar-refractivity contribution in [3.63, 3.8) is 0 Å². The van der Waals surface area contributed by atoms with Gasteiger partial charge in [-0.25, -0.2) is 0 Å². The topological polar surface area (TPSA) is 41.5 Å². The highest BCUT2D eigenvalue weighted by atomic mass is 16.5. The van der Waals surface area contributed by atoms with Crippen molar-refractivity contribution in [2.24, 2.45) is 5.92 Å². The molecule has 2 unspecified atom stereocenters. The van der Waals surface area contributed by atoms with Gasteiger partial charge in [0.25, 0.3) is 0 Å². The summed E-state index contributed by atoms with van der Waals surface area (Å²) in [5.74, 6) is 0.292. The molecular formula is C16H25NO2. The first-order valence-electron chi connectivity index (χ1n) is 7.25. The zero-order valence-electron chi connectivity index (χ0n) is 11.8. The number of hydrogen-bond donors (Lipinski definition) is 2. The van der Waals surface area contributed by atoms with Crippen LogP contribution in [0.15, 0.2) is 30.3 Å². The van der Waals surface area contributed by atoms with Gasteiger partial charge in [-0.2, -0.15) is 0 Å². The standard InChI is InChI=1S/C16H25NO2/c1-19-12-6-10-16(18,14-7-3-2-4-8-14)15-9-5-11-17-13-15/h2-4,7-8,15,17-18H,5-6,9-13H2,1H3. The lowest BCUT2D eigenvalue weighted by molar-refractivity contribution is -0.0458. The third kappa shape index (κ3) is 3.56. The van der Waals surface area contributed by atoms with Crippen LogP contribution in [-0.4, -0.2) is 31.9 Å². The highest BCUT2D eigenvalue weighted by molar-refractivity contribution is 5.23. The van der Waals surface area contributed by atoms with E-state index in [1.165, 1.54) is 0 Å². The van der Waals surface area contributed by atoms with E-state index in [1.54, 1.807) is 7.11 Å². The molecule has 0 radical (unpaired) electrons.